The van der Waals surface area contributed by atoms with E-state index in [4.69, 9.17) is 5.73 Å². The summed E-state index contributed by atoms with van der Waals surface area (Å²) in [6.07, 6.45) is 7.44. The summed E-state index contributed by atoms with van der Waals surface area (Å²) in [5, 5.41) is 1.39. The van der Waals surface area contributed by atoms with Gasteiger partial charge >= 0.3 is 0 Å². The summed E-state index contributed by atoms with van der Waals surface area (Å²) in [5.41, 5.74) is 9.19. The van der Waals surface area contributed by atoms with Crippen LogP contribution in [0.2, 0.25) is 0 Å². The van der Waals surface area contributed by atoms with E-state index in [1.807, 2.05) is 0 Å². The topological polar surface area (TPSA) is 34.2 Å². The zero-order valence-electron chi connectivity index (χ0n) is 12.6. The smallest absolute Gasteiger partial charge is 0.0746 e. The van der Waals surface area contributed by atoms with E-state index in [0.29, 0.717) is 0 Å². The Balaban J connectivity index is 2.15. The number of hydrogen-bond donors (Lipinski definition) is 1. The fourth-order valence-electron chi connectivity index (χ4n) is 3.73. The molecule has 1 aromatic heterocycles. The SMILES string of the molecule is CN(C)Cn1cc(C2(CN)CCCC2)c2ccccc21. The van der Waals surface area contributed by atoms with Gasteiger partial charge in [-0.2, -0.15) is 0 Å². The highest BCUT2D eigenvalue weighted by Gasteiger charge is 2.36. The fraction of sp³-hybridized carbons (Fsp3) is 0.529. The zero-order chi connectivity index (χ0) is 14.2. The molecule has 3 nitrogen and oxygen atoms in total. The second-order valence-corrected chi connectivity index (χ2v) is 6.44. The average molecular weight is 271 g/mol. The molecule has 3 heteroatoms. The first-order valence-corrected chi connectivity index (χ1v) is 7.59. The van der Waals surface area contributed by atoms with Gasteiger partial charge in [0.25, 0.3) is 0 Å². The minimum Gasteiger partial charge on any atom is -0.334 e. The van der Waals surface area contributed by atoms with Gasteiger partial charge in [-0.25, -0.2) is 0 Å². The second-order valence-electron chi connectivity index (χ2n) is 6.44. The molecule has 20 heavy (non-hydrogen) atoms. The third-order valence-corrected chi connectivity index (χ3v) is 4.75. The Kier molecular flexibility index (Phi) is 3.57. The Bertz CT molecular complexity index is 591. The normalized spacial score (nSPS) is 18.2. The Morgan fingerprint density at radius 1 is 1.20 bits per heavy atom. The molecular weight excluding hydrogens is 246 g/mol. The van der Waals surface area contributed by atoms with Crippen molar-refractivity contribution in [2.45, 2.75) is 37.8 Å². The van der Waals surface area contributed by atoms with Crippen LogP contribution in [-0.2, 0) is 12.1 Å². The van der Waals surface area contributed by atoms with Crippen molar-refractivity contribution in [3.05, 3.63) is 36.0 Å². The van der Waals surface area contributed by atoms with Crippen LogP contribution in [-0.4, -0.2) is 30.1 Å². The summed E-state index contributed by atoms with van der Waals surface area (Å²) >= 11 is 0. The molecule has 3 rings (SSSR count). The van der Waals surface area contributed by atoms with Crippen LogP contribution in [0, 0.1) is 0 Å². The molecule has 0 radical (unpaired) electrons. The molecule has 0 atom stereocenters. The molecule has 2 N–H and O–H groups in total. The van der Waals surface area contributed by atoms with Gasteiger partial charge in [0.15, 0.2) is 0 Å². The summed E-state index contributed by atoms with van der Waals surface area (Å²) in [5.74, 6) is 0. The molecule has 1 heterocycles. The first kappa shape index (κ1) is 13.7. The molecule has 1 aliphatic carbocycles. The van der Waals surface area contributed by atoms with Crippen LogP contribution in [0.25, 0.3) is 10.9 Å². The van der Waals surface area contributed by atoms with Gasteiger partial charge in [-0.3, -0.25) is 4.90 Å². The van der Waals surface area contributed by atoms with Gasteiger partial charge in [-0.1, -0.05) is 31.0 Å². The van der Waals surface area contributed by atoms with Gasteiger partial charge in [0.05, 0.1) is 6.67 Å². The van der Waals surface area contributed by atoms with Gasteiger partial charge in [-0.15, -0.1) is 0 Å². The summed E-state index contributed by atoms with van der Waals surface area (Å²) < 4.78 is 2.36. The molecule has 1 aliphatic rings. The number of fused-ring (bicyclic) bond motifs is 1. The monoisotopic (exact) mass is 271 g/mol. The van der Waals surface area contributed by atoms with Crippen LogP contribution in [0.3, 0.4) is 0 Å². The van der Waals surface area contributed by atoms with E-state index in [1.165, 1.54) is 42.1 Å². The molecule has 1 saturated carbocycles. The lowest BCUT2D eigenvalue weighted by molar-refractivity contribution is 0.331. The summed E-state index contributed by atoms with van der Waals surface area (Å²) in [7, 11) is 4.23. The predicted molar refractivity (Wildman–Crippen MR) is 84.8 cm³/mol. The number of rotatable bonds is 4. The maximum absolute atomic E-state index is 6.18. The van der Waals surface area contributed by atoms with E-state index in [2.05, 4.69) is 54.0 Å². The van der Waals surface area contributed by atoms with Crippen molar-refractivity contribution in [3.8, 4) is 0 Å². The minimum absolute atomic E-state index is 0.206. The summed E-state index contributed by atoms with van der Waals surface area (Å²) in [4.78, 5) is 2.21. The van der Waals surface area contributed by atoms with E-state index < -0.39 is 0 Å². The van der Waals surface area contributed by atoms with Crippen LogP contribution in [0.5, 0.6) is 0 Å². The van der Waals surface area contributed by atoms with Crippen molar-refractivity contribution in [1.29, 1.82) is 0 Å². The minimum atomic E-state index is 0.206. The van der Waals surface area contributed by atoms with E-state index in [-0.39, 0.29) is 5.41 Å². The van der Waals surface area contributed by atoms with E-state index >= 15 is 0 Å². The Morgan fingerprint density at radius 2 is 1.90 bits per heavy atom. The Labute approximate surface area is 121 Å². The standard InChI is InChI=1S/C17H25N3/c1-19(2)13-20-11-15(14-7-3-4-8-16(14)20)17(12-18)9-5-6-10-17/h3-4,7-8,11H,5-6,9-10,12-13,18H2,1-2H3. The third kappa shape index (κ3) is 2.15. The largest absolute Gasteiger partial charge is 0.334 e. The lowest BCUT2D eigenvalue weighted by atomic mass is 9.79. The van der Waals surface area contributed by atoms with Gasteiger partial charge < -0.3 is 10.3 Å². The highest BCUT2D eigenvalue weighted by molar-refractivity contribution is 5.85. The van der Waals surface area contributed by atoms with Crippen LogP contribution >= 0.6 is 0 Å². The van der Waals surface area contributed by atoms with Crippen molar-refractivity contribution in [1.82, 2.24) is 9.47 Å². The van der Waals surface area contributed by atoms with Crippen LogP contribution in [0.4, 0.5) is 0 Å². The molecule has 0 saturated heterocycles. The van der Waals surface area contributed by atoms with Gasteiger partial charge in [-0.05, 0) is 38.6 Å². The molecular formula is C17H25N3. The molecule has 0 bridgehead atoms. The van der Waals surface area contributed by atoms with Crippen molar-refractivity contribution >= 4 is 10.9 Å². The summed E-state index contributed by atoms with van der Waals surface area (Å²) in [6, 6.07) is 8.75. The Hall–Kier alpha value is -1.32. The van der Waals surface area contributed by atoms with E-state index in [9.17, 15) is 0 Å². The number of benzene rings is 1. The second kappa shape index (κ2) is 5.23. The van der Waals surface area contributed by atoms with Crippen molar-refractivity contribution in [2.75, 3.05) is 20.6 Å². The number of nitrogens with two attached hydrogens (primary N) is 1. The van der Waals surface area contributed by atoms with Crippen LogP contribution < -0.4 is 5.73 Å². The highest BCUT2D eigenvalue weighted by Crippen LogP contribution is 2.43. The molecule has 0 spiro atoms. The maximum atomic E-state index is 6.18. The fourth-order valence-corrected chi connectivity index (χ4v) is 3.73. The molecule has 1 aromatic carbocycles. The number of para-hydroxylation sites is 1. The van der Waals surface area contributed by atoms with Crippen molar-refractivity contribution in [3.63, 3.8) is 0 Å². The average Bonchev–Trinajstić information content (AvgIpc) is 3.04. The van der Waals surface area contributed by atoms with Gasteiger partial charge in [0, 0.05) is 29.1 Å². The molecule has 108 valence electrons. The number of nitrogens with zero attached hydrogens (tertiary/aromatic N) is 2. The first-order chi connectivity index (χ1) is 9.66. The van der Waals surface area contributed by atoms with Gasteiger partial charge in [0.1, 0.15) is 0 Å². The van der Waals surface area contributed by atoms with Crippen molar-refractivity contribution < 1.29 is 0 Å². The van der Waals surface area contributed by atoms with Crippen LogP contribution in [0.1, 0.15) is 31.2 Å². The lowest BCUT2D eigenvalue weighted by Crippen LogP contribution is -2.31. The zero-order valence-corrected chi connectivity index (χ0v) is 12.6. The molecule has 0 amide bonds. The highest BCUT2D eigenvalue weighted by atomic mass is 15.2. The van der Waals surface area contributed by atoms with Crippen molar-refractivity contribution in [2.24, 2.45) is 5.73 Å². The van der Waals surface area contributed by atoms with E-state index in [0.717, 1.165) is 13.2 Å². The summed E-state index contributed by atoms with van der Waals surface area (Å²) in [6.45, 7) is 1.68. The first-order valence-electron chi connectivity index (χ1n) is 7.59. The number of hydrogen-bond acceptors (Lipinski definition) is 2. The van der Waals surface area contributed by atoms with Gasteiger partial charge in [0.2, 0.25) is 0 Å². The predicted octanol–water partition coefficient (Wildman–Crippen LogP) is 2.93. The lowest BCUT2D eigenvalue weighted by Gasteiger charge is -2.27. The molecule has 2 aromatic rings. The molecule has 1 fully saturated rings. The van der Waals surface area contributed by atoms with Crippen LogP contribution in [0.15, 0.2) is 30.5 Å². The third-order valence-electron chi connectivity index (χ3n) is 4.75. The molecule has 0 aliphatic heterocycles. The number of aromatic nitrogens is 1. The quantitative estimate of drug-likeness (QED) is 0.927. The Morgan fingerprint density at radius 3 is 2.55 bits per heavy atom. The van der Waals surface area contributed by atoms with E-state index in [1.54, 1.807) is 0 Å². The molecule has 0 unspecified atom stereocenters. The maximum Gasteiger partial charge on any atom is 0.0746 e.